The lowest BCUT2D eigenvalue weighted by atomic mass is 9.98. The summed E-state index contributed by atoms with van der Waals surface area (Å²) in [5, 5.41) is 11.6. The SMILES string of the molecule is CCC1CCCCN1Cc1cccc(/C(N)=N/O)c1F. The van der Waals surface area contributed by atoms with E-state index < -0.39 is 0 Å². The minimum Gasteiger partial charge on any atom is -0.409 e. The van der Waals surface area contributed by atoms with Crippen molar-refractivity contribution in [3.8, 4) is 0 Å². The third-order valence-electron chi connectivity index (χ3n) is 4.06. The highest BCUT2D eigenvalue weighted by Crippen LogP contribution is 2.23. The summed E-state index contributed by atoms with van der Waals surface area (Å²) >= 11 is 0. The summed E-state index contributed by atoms with van der Waals surface area (Å²) in [6.07, 6.45) is 4.68. The molecule has 1 unspecified atom stereocenters. The molecule has 1 atom stereocenters. The predicted octanol–water partition coefficient (Wildman–Crippen LogP) is 2.68. The molecule has 110 valence electrons. The minimum absolute atomic E-state index is 0.162. The largest absolute Gasteiger partial charge is 0.409 e. The molecule has 2 rings (SSSR count). The molecule has 1 aromatic rings. The first kappa shape index (κ1) is 14.8. The molecule has 1 aliphatic rings. The molecule has 1 heterocycles. The molecule has 3 N–H and O–H groups in total. The molecule has 1 aliphatic heterocycles. The second-order valence-electron chi connectivity index (χ2n) is 5.29. The Labute approximate surface area is 119 Å². The van der Waals surface area contributed by atoms with Crippen LogP contribution in [0.15, 0.2) is 23.4 Å². The molecule has 20 heavy (non-hydrogen) atoms. The number of halogens is 1. The van der Waals surface area contributed by atoms with Crippen molar-refractivity contribution in [2.24, 2.45) is 10.9 Å². The molecule has 0 aromatic heterocycles. The Bertz CT molecular complexity index is 490. The summed E-state index contributed by atoms with van der Waals surface area (Å²) in [7, 11) is 0. The van der Waals surface area contributed by atoms with Crippen LogP contribution < -0.4 is 5.73 Å². The summed E-state index contributed by atoms with van der Waals surface area (Å²) in [6.45, 7) is 3.76. The number of nitrogens with two attached hydrogens (primary N) is 1. The molecule has 0 aliphatic carbocycles. The van der Waals surface area contributed by atoms with Crippen LogP contribution in [-0.4, -0.2) is 28.5 Å². The highest BCUT2D eigenvalue weighted by molar-refractivity contribution is 5.97. The first-order chi connectivity index (χ1) is 9.67. The van der Waals surface area contributed by atoms with Gasteiger partial charge in [0.1, 0.15) is 5.82 Å². The van der Waals surface area contributed by atoms with Gasteiger partial charge < -0.3 is 10.9 Å². The van der Waals surface area contributed by atoms with Crippen LogP contribution in [-0.2, 0) is 6.54 Å². The summed E-state index contributed by atoms with van der Waals surface area (Å²) in [5.41, 5.74) is 6.27. The molecule has 1 fully saturated rings. The number of nitrogens with zero attached hydrogens (tertiary/aromatic N) is 2. The Morgan fingerprint density at radius 1 is 1.50 bits per heavy atom. The molecular weight excluding hydrogens is 257 g/mol. The van der Waals surface area contributed by atoms with Gasteiger partial charge in [0.25, 0.3) is 0 Å². The Kier molecular flexibility index (Phi) is 4.95. The van der Waals surface area contributed by atoms with Gasteiger partial charge in [-0.25, -0.2) is 4.39 Å². The van der Waals surface area contributed by atoms with Crippen molar-refractivity contribution in [1.82, 2.24) is 4.90 Å². The van der Waals surface area contributed by atoms with Crippen LogP contribution >= 0.6 is 0 Å². The Balaban J connectivity index is 2.21. The van der Waals surface area contributed by atoms with Gasteiger partial charge in [-0.15, -0.1) is 0 Å². The number of oxime groups is 1. The van der Waals surface area contributed by atoms with E-state index in [1.165, 1.54) is 18.9 Å². The van der Waals surface area contributed by atoms with Gasteiger partial charge in [-0.05, 0) is 31.9 Å². The first-order valence-corrected chi connectivity index (χ1v) is 7.16. The zero-order valence-electron chi connectivity index (χ0n) is 11.8. The number of likely N-dealkylation sites (tertiary alicyclic amines) is 1. The number of hydrogen-bond acceptors (Lipinski definition) is 3. The van der Waals surface area contributed by atoms with E-state index in [1.807, 2.05) is 0 Å². The molecule has 4 nitrogen and oxygen atoms in total. The van der Waals surface area contributed by atoms with Gasteiger partial charge in [0.05, 0.1) is 5.56 Å². The Hall–Kier alpha value is -1.62. The van der Waals surface area contributed by atoms with Crippen LogP contribution in [0, 0.1) is 5.82 Å². The maximum absolute atomic E-state index is 14.4. The van der Waals surface area contributed by atoms with E-state index in [9.17, 15) is 4.39 Å². The molecular formula is C15H22FN3O. The summed E-state index contributed by atoms with van der Waals surface area (Å²) in [6, 6.07) is 5.57. The number of piperidine rings is 1. The van der Waals surface area contributed by atoms with Gasteiger partial charge >= 0.3 is 0 Å². The van der Waals surface area contributed by atoms with E-state index in [2.05, 4.69) is 17.0 Å². The zero-order chi connectivity index (χ0) is 14.5. The molecule has 0 spiro atoms. The Morgan fingerprint density at radius 2 is 2.30 bits per heavy atom. The molecule has 1 saturated heterocycles. The van der Waals surface area contributed by atoms with Gasteiger partial charge in [0, 0.05) is 18.2 Å². The smallest absolute Gasteiger partial charge is 0.173 e. The van der Waals surface area contributed by atoms with Gasteiger partial charge in [-0.3, -0.25) is 4.90 Å². The van der Waals surface area contributed by atoms with Crippen LogP contribution in [0.1, 0.15) is 43.7 Å². The lowest BCUT2D eigenvalue weighted by molar-refractivity contribution is 0.134. The molecule has 0 saturated carbocycles. The summed E-state index contributed by atoms with van der Waals surface area (Å²) < 4.78 is 14.4. The number of hydrogen-bond donors (Lipinski definition) is 2. The van der Waals surface area contributed by atoms with Crippen molar-refractivity contribution in [2.75, 3.05) is 6.54 Å². The highest BCUT2D eigenvalue weighted by Gasteiger charge is 2.22. The summed E-state index contributed by atoms with van der Waals surface area (Å²) in [4.78, 5) is 2.33. The van der Waals surface area contributed by atoms with Gasteiger partial charge in [-0.2, -0.15) is 0 Å². The average molecular weight is 279 g/mol. The normalized spacial score (nSPS) is 21.1. The monoisotopic (exact) mass is 279 g/mol. The number of rotatable bonds is 4. The van der Waals surface area contributed by atoms with Gasteiger partial charge in [-0.1, -0.05) is 30.6 Å². The highest BCUT2D eigenvalue weighted by atomic mass is 19.1. The lowest BCUT2D eigenvalue weighted by Gasteiger charge is -2.35. The molecule has 0 amide bonds. The van der Waals surface area contributed by atoms with Gasteiger partial charge in [0.2, 0.25) is 0 Å². The molecule has 0 radical (unpaired) electrons. The van der Waals surface area contributed by atoms with Crippen molar-refractivity contribution in [3.63, 3.8) is 0 Å². The number of amidine groups is 1. The van der Waals surface area contributed by atoms with Crippen molar-refractivity contribution in [2.45, 2.75) is 45.2 Å². The molecule has 0 bridgehead atoms. The van der Waals surface area contributed by atoms with E-state index >= 15 is 0 Å². The average Bonchev–Trinajstić information content (AvgIpc) is 2.49. The van der Waals surface area contributed by atoms with E-state index in [4.69, 9.17) is 10.9 Å². The third-order valence-corrected chi connectivity index (χ3v) is 4.06. The Morgan fingerprint density at radius 3 is 3.00 bits per heavy atom. The fourth-order valence-electron chi connectivity index (χ4n) is 2.90. The lowest BCUT2D eigenvalue weighted by Crippen LogP contribution is -2.38. The maximum Gasteiger partial charge on any atom is 0.173 e. The minimum atomic E-state index is -0.386. The van der Waals surface area contributed by atoms with E-state index in [0.29, 0.717) is 18.2 Å². The second kappa shape index (κ2) is 6.70. The molecule has 5 heteroatoms. The van der Waals surface area contributed by atoms with Crippen LogP contribution in [0.4, 0.5) is 4.39 Å². The standard InChI is InChI=1S/C15H22FN3O/c1-2-12-7-3-4-9-19(12)10-11-6-5-8-13(14(11)16)15(17)18-20/h5-6,8,12,20H,2-4,7,9-10H2,1H3,(H2,17,18). The molecule has 1 aromatic carbocycles. The van der Waals surface area contributed by atoms with Crippen molar-refractivity contribution >= 4 is 5.84 Å². The van der Waals surface area contributed by atoms with Gasteiger partial charge in [0.15, 0.2) is 5.84 Å². The fraction of sp³-hybridized carbons (Fsp3) is 0.533. The topological polar surface area (TPSA) is 61.8 Å². The van der Waals surface area contributed by atoms with Crippen molar-refractivity contribution in [1.29, 1.82) is 0 Å². The fourth-order valence-corrected chi connectivity index (χ4v) is 2.90. The quantitative estimate of drug-likeness (QED) is 0.385. The first-order valence-electron chi connectivity index (χ1n) is 7.16. The zero-order valence-corrected chi connectivity index (χ0v) is 11.8. The van der Waals surface area contributed by atoms with E-state index in [0.717, 1.165) is 19.4 Å². The van der Waals surface area contributed by atoms with Crippen molar-refractivity contribution < 1.29 is 9.60 Å². The van der Waals surface area contributed by atoms with Crippen molar-refractivity contribution in [3.05, 3.63) is 35.1 Å². The van der Waals surface area contributed by atoms with Crippen LogP contribution in [0.3, 0.4) is 0 Å². The maximum atomic E-state index is 14.4. The van der Waals surface area contributed by atoms with Crippen LogP contribution in [0.5, 0.6) is 0 Å². The third kappa shape index (κ3) is 3.10. The van der Waals surface area contributed by atoms with E-state index in [-0.39, 0.29) is 17.2 Å². The summed E-state index contributed by atoms with van der Waals surface area (Å²) in [5.74, 6) is -0.571. The van der Waals surface area contributed by atoms with Crippen LogP contribution in [0.2, 0.25) is 0 Å². The second-order valence-corrected chi connectivity index (χ2v) is 5.29. The van der Waals surface area contributed by atoms with E-state index in [1.54, 1.807) is 12.1 Å². The number of benzene rings is 1. The predicted molar refractivity (Wildman–Crippen MR) is 77.3 cm³/mol. The van der Waals surface area contributed by atoms with Crippen LogP contribution in [0.25, 0.3) is 0 Å².